The number of hydrogen-bond acceptors (Lipinski definition) is 7. The van der Waals surface area contributed by atoms with E-state index in [1.165, 1.54) is 0 Å². The van der Waals surface area contributed by atoms with E-state index in [1.807, 2.05) is 19.9 Å². The van der Waals surface area contributed by atoms with Gasteiger partial charge >= 0.3 is 0 Å². The van der Waals surface area contributed by atoms with Gasteiger partial charge < -0.3 is 19.5 Å². The molecule has 0 aliphatic carbocycles. The van der Waals surface area contributed by atoms with Crippen LogP contribution in [0.4, 0.5) is 10.2 Å². The van der Waals surface area contributed by atoms with E-state index in [0.29, 0.717) is 29.0 Å². The van der Waals surface area contributed by atoms with Gasteiger partial charge in [0, 0.05) is 37.2 Å². The van der Waals surface area contributed by atoms with Gasteiger partial charge in [0.25, 0.3) is 5.89 Å². The summed E-state index contributed by atoms with van der Waals surface area (Å²) >= 11 is 0. The molecular formula is C26H34FN5O2. The number of benzene rings is 1. The van der Waals surface area contributed by atoms with Crippen molar-refractivity contribution in [1.82, 2.24) is 20.4 Å². The number of rotatable bonds is 6. The Labute approximate surface area is 200 Å². The fraction of sp³-hybridized carbons (Fsp3) is 0.577. The van der Waals surface area contributed by atoms with E-state index >= 15 is 4.39 Å². The average Bonchev–Trinajstić information content (AvgIpc) is 3.44. The monoisotopic (exact) mass is 467 g/mol. The van der Waals surface area contributed by atoms with Gasteiger partial charge in [0.05, 0.1) is 5.56 Å². The third-order valence-corrected chi connectivity index (χ3v) is 7.42. The average molecular weight is 468 g/mol. The molecule has 0 saturated carbocycles. The number of pyridine rings is 1. The molecule has 2 fully saturated rings. The maximum atomic E-state index is 15.1. The summed E-state index contributed by atoms with van der Waals surface area (Å²) < 4.78 is 26.2. The molecule has 0 bridgehead atoms. The van der Waals surface area contributed by atoms with Gasteiger partial charge in [0.2, 0.25) is 0 Å². The van der Waals surface area contributed by atoms with E-state index in [0.717, 1.165) is 80.6 Å². The quantitative estimate of drug-likeness (QED) is 0.568. The second kappa shape index (κ2) is 9.23. The Morgan fingerprint density at radius 1 is 1.21 bits per heavy atom. The van der Waals surface area contributed by atoms with Gasteiger partial charge in [-0.3, -0.25) is 0 Å². The van der Waals surface area contributed by atoms with Crippen LogP contribution in [0.5, 0.6) is 0 Å². The van der Waals surface area contributed by atoms with E-state index < -0.39 is 0 Å². The van der Waals surface area contributed by atoms with Crippen LogP contribution in [0.2, 0.25) is 0 Å². The van der Waals surface area contributed by atoms with Gasteiger partial charge in [-0.15, -0.1) is 0 Å². The van der Waals surface area contributed by atoms with Crippen molar-refractivity contribution in [1.29, 1.82) is 0 Å². The van der Waals surface area contributed by atoms with E-state index in [2.05, 4.69) is 27.3 Å². The number of halogens is 1. The van der Waals surface area contributed by atoms with Crippen LogP contribution in [0.3, 0.4) is 0 Å². The van der Waals surface area contributed by atoms with E-state index in [1.54, 1.807) is 13.0 Å². The van der Waals surface area contributed by atoms with Crippen molar-refractivity contribution in [2.75, 3.05) is 37.7 Å². The van der Waals surface area contributed by atoms with Gasteiger partial charge in [-0.2, -0.15) is 4.98 Å². The minimum Gasteiger partial charge on any atom is -0.381 e. The number of anilines is 1. The molecule has 5 rings (SSSR count). The lowest BCUT2D eigenvalue weighted by atomic mass is 9.96. The molecule has 34 heavy (non-hydrogen) atoms. The Bertz CT molecular complexity index is 1190. The summed E-state index contributed by atoms with van der Waals surface area (Å²) in [6, 6.07) is 3.62. The van der Waals surface area contributed by atoms with E-state index in [4.69, 9.17) is 14.2 Å². The van der Waals surface area contributed by atoms with Crippen molar-refractivity contribution in [2.24, 2.45) is 5.92 Å². The molecule has 2 aliphatic heterocycles. The molecule has 182 valence electrons. The number of hydrogen-bond donors (Lipinski definition) is 1. The van der Waals surface area contributed by atoms with Crippen LogP contribution in [0.25, 0.3) is 22.4 Å². The molecule has 1 N–H and O–H groups in total. The van der Waals surface area contributed by atoms with Crippen molar-refractivity contribution in [2.45, 2.75) is 58.9 Å². The number of aryl methyl sites for hydroxylation is 3. The Kier molecular flexibility index (Phi) is 6.29. The molecule has 2 aliphatic rings. The highest BCUT2D eigenvalue weighted by molar-refractivity contribution is 5.93. The smallest absolute Gasteiger partial charge is 0.261 e. The van der Waals surface area contributed by atoms with Crippen LogP contribution >= 0.6 is 0 Å². The lowest BCUT2D eigenvalue weighted by molar-refractivity contribution is 0.0641. The fourth-order valence-electron chi connectivity index (χ4n) is 5.23. The summed E-state index contributed by atoms with van der Waals surface area (Å²) in [7, 11) is 0. The van der Waals surface area contributed by atoms with Gasteiger partial charge in [-0.05, 0) is 82.2 Å². The SMILES string of the molecule is CCc1cc(F)c2nc(N3CC[C@](C)(NCC4CCOCC4)C3)c(-c3nc(C)no3)c(C)c2c1. The molecule has 1 aromatic carbocycles. The molecule has 2 aromatic heterocycles. The fourth-order valence-corrected chi connectivity index (χ4v) is 5.23. The lowest BCUT2D eigenvalue weighted by Crippen LogP contribution is -2.47. The molecule has 7 nitrogen and oxygen atoms in total. The molecule has 0 radical (unpaired) electrons. The summed E-state index contributed by atoms with van der Waals surface area (Å²) in [5.74, 6) is 2.09. The topological polar surface area (TPSA) is 76.3 Å². The zero-order valence-corrected chi connectivity index (χ0v) is 20.6. The summed E-state index contributed by atoms with van der Waals surface area (Å²) in [6.45, 7) is 12.4. The molecule has 8 heteroatoms. The van der Waals surface area contributed by atoms with Gasteiger partial charge in [-0.25, -0.2) is 9.37 Å². The highest BCUT2D eigenvalue weighted by atomic mass is 19.1. The number of aromatic nitrogens is 3. The van der Waals surface area contributed by atoms with Crippen LogP contribution in [0.1, 0.15) is 50.1 Å². The van der Waals surface area contributed by atoms with Crippen LogP contribution in [0, 0.1) is 25.6 Å². The third-order valence-electron chi connectivity index (χ3n) is 7.42. The molecule has 0 amide bonds. The van der Waals surface area contributed by atoms with E-state index in [9.17, 15) is 0 Å². The first-order chi connectivity index (χ1) is 16.4. The molecule has 1 atom stereocenters. The van der Waals surface area contributed by atoms with Crippen LogP contribution in [-0.4, -0.2) is 53.5 Å². The first-order valence-electron chi connectivity index (χ1n) is 12.4. The summed E-state index contributed by atoms with van der Waals surface area (Å²) in [5, 5.41) is 8.63. The second-order valence-corrected chi connectivity index (χ2v) is 10.1. The minimum atomic E-state index is -0.286. The normalized spacial score (nSPS) is 21.6. The van der Waals surface area contributed by atoms with Crippen LogP contribution < -0.4 is 10.2 Å². The van der Waals surface area contributed by atoms with Crippen molar-refractivity contribution in [3.8, 4) is 11.5 Å². The Hall–Kier alpha value is -2.58. The molecule has 0 spiro atoms. The zero-order valence-electron chi connectivity index (χ0n) is 20.6. The predicted octanol–water partition coefficient (Wildman–Crippen LogP) is 4.59. The first-order valence-corrected chi connectivity index (χ1v) is 12.4. The predicted molar refractivity (Wildman–Crippen MR) is 131 cm³/mol. The van der Waals surface area contributed by atoms with E-state index in [-0.39, 0.29) is 11.4 Å². The van der Waals surface area contributed by atoms with Crippen LogP contribution in [0.15, 0.2) is 16.7 Å². The maximum Gasteiger partial charge on any atom is 0.261 e. The first kappa shape index (κ1) is 23.2. The number of fused-ring (bicyclic) bond motifs is 1. The highest BCUT2D eigenvalue weighted by Crippen LogP contribution is 2.39. The zero-order chi connectivity index (χ0) is 23.9. The van der Waals surface area contributed by atoms with Gasteiger partial charge in [0.15, 0.2) is 5.82 Å². The minimum absolute atomic E-state index is 0.0461. The third kappa shape index (κ3) is 4.41. The van der Waals surface area contributed by atoms with Gasteiger partial charge in [0.1, 0.15) is 17.2 Å². The largest absolute Gasteiger partial charge is 0.381 e. The van der Waals surface area contributed by atoms with Gasteiger partial charge in [-0.1, -0.05) is 12.1 Å². The Morgan fingerprint density at radius 3 is 2.71 bits per heavy atom. The van der Waals surface area contributed by atoms with Crippen molar-refractivity contribution < 1.29 is 13.7 Å². The maximum absolute atomic E-state index is 15.1. The number of ether oxygens (including phenoxy) is 1. The molecule has 0 unspecified atom stereocenters. The second-order valence-electron chi connectivity index (χ2n) is 10.1. The Morgan fingerprint density at radius 2 is 2.00 bits per heavy atom. The van der Waals surface area contributed by atoms with Crippen LogP contribution in [-0.2, 0) is 11.2 Å². The molecular weight excluding hydrogens is 433 g/mol. The Balaban J connectivity index is 1.51. The molecule has 3 aromatic rings. The lowest BCUT2D eigenvalue weighted by Gasteiger charge is -2.31. The summed E-state index contributed by atoms with van der Waals surface area (Å²) in [5.41, 5.74) is 3.01. The highest BCUT2D eigenvalue weighted by Gasteiger charge is 2.37. The molecule has 2 saturated heterocycles. The van der Waals surface area contributed by atoms with Crippen molar-refractivity contribution >= 4 is 16.7 Å². The number of nitrogens with zero attached hydrogens (tertiary/aromatic N) is 4. The van der Waals surface area contributed by atoms with Crippen molar-refractivity contribution in [3.05, 3.63) is 34.9 Å². The molecule has 4 heterocycles. The summed E-state index contributed by atoms with van der Waals surface area (Å²) in [4.78, 5) is 11.6. The standard InChI is InChI=1S/C26H34FN5O2/c1-5-18-12-20-16(2)22(25-29-17(3)31-34-25)24(30-23(20)21(27)13-18)32-9-8-26(4,15-32)28-14-19-6-10-33-11-7-19/h12-13,19,28H,5-11,14-15H2,1-4H3/t26-/m0/s1. The van der Waals surface area contributed by atoms with Crippen molar-refractivity contribution in [3.63, 3.8) is 0 Å². The number of nitrogens with one attached hydrogen (secondary N) is 1. The summed E-state index contributed by atoms with van der Waals surface area (Å²) in [6.07, 6.45) is 3.96.